The van der Waals surface area contributed by atoms with Crippen LogP contribution in [0.25, 0.3) is 0 Å². The van der Waals surface area contributed by atoms with Gasteiger partial charge in [-0.3, -0.25) is 4.79 Å². The summed E-state index contributed by atoms with van der Waals surface area (Å²) in [6.45, 7) is 3.37. The number of esters is 1. The first-order valence-electron chi connectivity index (χ1n) is 4.03. The van der Waals surface area contributed by atoms with Crippen molar-refractivity contribution in [2.45, 2.75) is 13.8 Å². The first-order chi connectivity index (χ1) is 6.50. The number of hydrogen-bond donors (Lipinski definition) is 1. The zero-order valence-electron chi connectivity index (χ0n) is 7.99. The number of thiophene rings is 1. The summed E-state index contributed by atoms with van der Waals surface area (Å²) in [5.41, 5.74) is 5.36. The van der Waals surface area contributed by atoms with Crippen LogP contribution in [0.2, 0.25) is 0 Å². The van der Waals surface area contributed by atoms with Gasteiger partial charge in [-0.2, -0.15) is 0 Å². The zero-order valence-corrected chi connectivity index (χ0v) is 8.81. The molecule has 0 fully saturated rings. The first kappa shape index (κ1) is 10.7. The van der Waals surface area contributed by atoms with Gasteiger partial charge in [-0.05, 0) is 19.9 Å². The van der Waals surface area contributed by atoms with Gasteiger partial charge < -0.3 is 10.5 Å². The third kappa shape index (κ3) is 2.56. The maximum atomic E-state index is 11.4. The minimum absolute atomic E-state index is 0.368. The Morgan fingerprint density at radius 1 is 1.50 bits per heavy atom. The Hall–Kier alpha value is -1.36. The van der Waals surface area contributed by atoms with Crippen molar-refractivity contribution >= 4 is 23.2 Å². The van der Waals surface area contributed by atoms with Crippen molar-refractivity contribution in [3.05, 3.63) is 21.4 Å². The highest BCUT2D eigenvalue weighted by Crippen LogP contribution is 2.21. The van der Waals surface area contributed by atoms with Crippen LogP contribution in [-0.4, -0.2) is 18.5 Å². The summed E-state index contributed by atoms with van der Waals surface area (Å²) in [6, 6.07) is 1.74. The van der Waals surface area contributed by atoms with Gasteiger partial charge in [0.1, 0.15) is 0 Å². The molecule has 0 saturated carbocycles. The summed E-state index contributed by atoms with van der Waals surface area (Å²) >= 11 is 1.51. The van der Waals surface area contributed by atoms with Gasteiger partial charge >= 0.3 is 5.97 Å². The van der Waals surface area contributed by atoms with Crippen molar-refractivity contribution in [2.75, 3.05) is 6.61 Å². The molecular weight excluding hydrogens is 202 g/mol. The van der Waals surface area contributed by atoms with Crippen LogP contribution in [0.15, 0.2) is 6.07 Å². The van der Waals surface area contributed by atoms with E-state index >= 15 is 0 Å². The summed E-state index contributed by atoms with van der Waals surface area (Å²) in [4.78, 5) is 23.7. The lowest BCUT2D eigenvalue weighted by molar-refractivity contribution is -0.121. The van der Waals surface area contributed by atoms with Crippen LogP contribution in [0.1, 0.15) is 20.1 Å². The minimum atomic E-state index is -0.650. The molecule has 0 aliphatic carbocycles. The van der Waals surface area contributed by atoms with Gasteiger partial charge in [0.2, 0.25) is 0 Å². The van der Waals surface area contributed by atoms with Crippen molar-refractivity contribution in [1.82, 2.24) is 0 Å². The molecule has 0 aliphatic rings. The number of carbonyl (C=O) groups excluding carboxylic acids is 2. The van der Waals surface area contributed by atoms with Crippen LogP contribution in [0.4, 0.5) is 0 Å². The summed E-state index contributed by atoms with van der Waals surface area (Å²) in [7, 11) is 0. The molecule has 0 saturated heterocycles. The largest absolute Gasteiger partial charge is 0.452 e. The fourth-order valence-corrected chi connectivity index (χ4v) is 1.96. The van der Waals surface area contributed by atoms with E-state index in [2.05, 4.69) is 4.74 Å². The monoisotopic (exact) mass is 213 g/mol. The zero-order chi connectivity index (χ0) is 10.7. The number of aryl methyl sites for hydroxylation is 2. The van der Waals surface area contributed by atoms with Crippen LogP contribution < -0.4 is 5.73 Å². The number of ether oxygens (including phenoxy) is 1. The van der Waals surface area contributed by atoms with E-state index in [1.165, 1.54) is 11.3 Å². The van der Waals surface area contributed by atoms with Crippen LogP contribution in [-0.2, 0) is 9.53 Å². The number of rotatable bonds is 3. The quantitative estimate of drug-likeness (QED) is 0.762. The third-order valence-corrected chi connectivity index (χ3v) is 2.57. The molecule has 1 rings (SSSR count). The van der Waals surface area contributed by atoms with E-state index in [0.29, 0.717) is 5.56 Å². The maximum absolute atomic E-state index is 11.4. The normalized spacial score (nSPS) is 9.86. The predicted molar refractivity (Wildman–Crippen MR) is 53.3 cm³/mol. The molecule has 14 heavy (non-hydrogen) atoms. The molecule has 0 bridgehead atoms. The summed E-state index contributed by atoms with van der Waals surface area (Å²) < 4.78 is 4.68. The molecule has 0 atom stereocenters. The Kier molecular flexibility index (Phi) is 3.24. The third-order valence-electron chi connectivity index (χ3n) is 1.61. The average molecular weight is 213 g/mol. The van der Waals surface area contributed by atoms with Crippen molar-refractivity contribution < 1.29 is 14.3 Å². The fourth-order valence-electron chi connectivity index (χ4n) is 1.05. The van der Waals surface area contributed by atoms with E-state index in [0.717, 1.165) is 9.75 Å². The highest BCUT2D eigenvalue weighted by atomic mass is 32.1. The predicted octanol–water partition coefficient (Wildman–Crippen LogP) is 1.01. The number of carbonyl (C=O) groups is 2. The van der Waals surface area contributed by atoms with Crippen molar-refractivity contribution in [3.63, 3.8) is 0 Å². The average Bonchev–Trinajstić information content (AvgIpc) is 2.41. The van der Waals surface area contributed by atoms with Gasteiger partial charge in [0.15, 0.2) is 6.61 Å². The highest BCUT2D eigenvalue weighted by molar-refractivity contribution is 7.12. The van der Waals surface area contributed by atoms with E-state index in [1.54, 1.807) is 6.07 Å². The van der Waals surface area contributed by atoms with Gasteiger partial charge in [-0.25, -0.2) is 4.79 Å². The molecular formula is C9H11NO3S. The summed E-state index contributed by atoms with van der Waals surface area (Å²) in [6.07, 6.45) is 0. The number of primary amides is 1. The smallest absolute Gasteiger partial charge is 0.339 e. The minimum Gasteiger partial charge on any atom is -0.452 e. The van der Waals surface area contributed by atoms with Crippen LogP contribution in [0, 0.1) is 13.8 Å². The maximum Gasteiger partial charge on any atom is 0.339 e. The Labute approximate surface area is 85.7 Å². The van der Waals surface area contributed by atoms with E-state index in [4.69, 9.17) is 5.73 Å². The first-order valence-corrected chi connectivity index (χ1v) is 4.85. The van der Waals surface area contributed by atoms with E-state index in [9.17, 15) is 9.59 Å². The molecule has 0 unspecified atom stereocenters. The van der Waals surface area contributed by atoms with Gasteiger partial charge in [-0.15, -0.1) is 11.3 Å². The Bertz CT molecular complexity index is 370. The lowest BCUT2D eigenvalue weighted by Crippen LogP contribution is -2.20. The summed E-state index contributed by atoms with van der Waals surface area (Å²) in [5, 5.41) is 0. The molecule has 4 nitrogen and oxygen atoms in total. The highest BCUT2D eigenvalue weighted by Gasteiger charge is 2.13. The molecule has 1 heterocycles. The molecule has 2 N–H and O–H groups in total. The molecule has 1 amide bonds. The van der Waals surface area contributed by atoms with Gasteiger partial charge in [0.25, 0.3) is 5.91 Å². The van der Waals surface area contributed by atoms with Crippen molar-refractivity contribution in [3.8, 4) is 0 Å². The van der Waals surface area contributed by atoms with Crippen molar-refractivity contribution in [1.29, 1.82) is 0 Å². The lowest BCUT2D eigenvalue weighted by atomic mass is 10.2. The number of hydrogen-bond acceptors (Lipinski definition) is 4. The van der Waals surface area contributed by atoms with E-state index in [1.807, 2.05) is 13.8 Å². The summed E-state index contributed by atoms with van der Waals surface area (Å²) in [5.74, 6) is -1.14. The van der Waals surface area contributed by atoms with E-state index in [-0.39, 0.29) is 6.61 Å². The van der Waals surface area contributed by atoms with Crippen molar-refractivity contribution in [2.24, 2.45) is 5.73 Å². The fraction of sp³-hybridized carbons (Fsp3) is 0.333. The topological polar surface area (TPSA) is 69.4 Å². The standard InChI is InChI=1S/C9H11NO3S/c1-5-3-7(6(2)14-5)9(12)13-4-8(10)11/h3H,4H2,1-2H3,(H2,10,11). The molecule has 1 aromatic heterocycles. The SMILES string of the molecule is Cc1cc(C(=O)OCC(N)=O)c(C)s1. The molecule has 0 aliphatic heterocycles. The van der Waals surface area contributed by atoms with Gasteiger partial charge in [0, 0.05) is 9.75 Å². The van der Waals surface area contributed by atoms with Gasteiger partial charge in [-0.1, -0.05) is 0 Å². The van der Waals surface area contributed by atoms with Gasteiger partial charge in [0.05, 0.1) is 5.56 Å². The van der Waals surface area contributed by atoms with Crippen LogP contribution in [0.5, 0.6) is 0 Å². The molecule has 0 spiro atoms. The number of nitrogens with two attached hydrogens (primary N) is 1. The molecule has 5 heteroatoms. The Morgan fingerprint density at radius 3 is 2.57 bits per heavy atom. The Morgan fingerprint density at radius 2 is 2.14 bits per heavy atom. The van der Waals surface area contributed by atoms with Crippen LogP contribution in [0.3, 0.4) is 0 Å². The van der Waals surface area contributed by atoms with E-state index < -0.39 is 11.9 Å². The second kappa shape index (κ2) is 4.23. The van der Waals surface area contributed by atoms with Crippen LogP contribution >= 0.6 is 11.3 Å². The second-order valence-electron chi connectivity index (χ2n) is 2.87. The Balaban J connectivity index is 2.69. The molecule has 0 radical (unpaired) electrons. The molecule has 1 aromatic rings. The molecule has 0 aromatic carbocycles. The molecule has 76 valence electrons. The second-order valence-corrected chi connectivity index (χ2v) is 4.33. The number of amides is 1. The lowest BCUT2D eigenvalue weighted by Gasteiger charge is -2.00.